The molecule has 0 radical (unpaired) electrons. The summed E-state index contributed by atoms with van der Waals surface area (Å²) in [6.45, 7) is 1.76. The highest BCUT2D eigenvalue weighted by atomic mass is 19.2. The molecule has 1 nitrogen and oxygen atoms in total. The molecule has 1 aliphatic rings. The number of nitrogens with one attached hydrogen (secondary N) is 1. The van der Waals surface area contributed by atoms with E-state index in [1.165, 1.54) is 23.3 Å². The first-order valence-electron chi connectivity index (χ1n) is 6.02. The fourth-order valence-electron chi connectivity index (χ4n) is 2.47. The maximum atomic E-state index is 13.3. The molecule has 0 atom stereocenters. The predicted molar refractivity (Wildman–Crippen MR) is 67.2 cm³/mol. The second kappa shape index (κ2) is 4.50. The fourth-order valence-corrected chi connectivity index (χ4v) is 2.47. The second-order valence-electron chi connectivity index (χ2n) is 4.50. The van der Waals surface area contributed by atoms with Crippen LogP contribution in [0, 0.1) is 11.6 Å². The standard InChI is InChI=1S/C15H13F2N/c16-14-5-4-10(8-15(14)17)12-3-1-2-11-9-18-7-6-13(11)12/h1-5,8,18H,6-7,9H2. The molecule has 92 valence electrons. The number of rotatable bonds is 1. The summed E-state index contributed by atoms with van der Waals surface area (Å²) in [6, 6.07) is 10.1. The lowest BCUT2D eigenvalue weighted by atomic mass is 9.91. The van der Waals surface area contributed by atoms with Gasteiger partial charge in [-0.1, -0.05) is 24.3 Å². The number of fused-ring (bicyclic) bond motifs is 1. The van der Waals surface area contributed by atoms with Crippen molar-refractivity contribution in [2.24, 2.45) is 0 Å². The van der Waals surface area contributed by atoms with Crippen LogP contribution in [0.2, 0.25) is 0 Å². The van der Waals surface area contributed by atoms with Crippen molar-refractivity contribution < 1.29 is 8.78 Å². The quantitative estimate of drug-likeness (QED) is 0.813. The molecule has 1 aliphatic heterocycles. The highest BCUT2D eigenvalue weighted by Crippen LogP contribution is 2.29. The van der Waals surface area contributed by atoms with Gasteiger partial charge in [0.05, 0.1) is 0 Å². The SMILES string of the molecule is Fc1ccc(-c2cccc3c2CCNC3)cc1F. The van der Waals surface area contributed by atoms with Crippen LogP contribution in [-0.4, -0.2) is 6.54 Å². The monoisotopic (exact) mass is 245 g/mol. The van der Waals surface area contributed by atoms with Gasteiger partial charge in [-0.2, -0.15) is 0 Å². The smallest absolute Gasteiger partial charge is 0.159 e. The molecule has 0 aliphatic carbocycles. The fraction of sp³-hybridized carbons (Fsp3) is 0.200. The van der Waals surface area contributed by atoms with Crippen LogP contribution in [0.4, 0.5) is 8.78 Å². The summed E-state index contributed by atoms with van der Waals surface area (Å²) in [5, 5.41) is 3.31. The van der Waals surface area contributed by atoms with E-state index in [1.54, 1.807) is 6.07 Å². The summed E-state index contributed by atoms with van der Waals surface area (Å²) >= 11 is 0. The molecular formula is C15H13F2N. The van der Waals surface area contributed by atoms with Gasteiger partial charge in [-0.15, -0.1) is 0 Å². The first-order chi connectivity index (χ1) is 8.75. The molecule has 1 heterocycles. The van der Waals surface area contributed by atoms with Crippen molar-refractivity contribution in [3.8, 4) is 11.1 Å². The molecule has 0 saturated heterocycles. The van der Waals surface area contributed by atoms with Crippen molar-refractivity contribution in [3.05, 3.63) is 59.2 Å². The van der Waals surface area contributed by atoms with Gasteiger partial charge in [0.1, 0.15) is 0 Å². The van der Waals surface area contributed by atoms with Crippen molar-refractivity contribution >= 4 is 0 Å². The Hall–Kier alpha value is -1.74. The van der Waals surface area contributed by atoms with Crippen LogP contribution < -0.4 is 5.32 Å². The molecular weight excluding hydrogens is 232 g/mol. The number of hydrogen-bond donors (Lipinski definition) is 1. The van der Waals surface area contributed by atoms with Crippen LogP contribution in [0.3, 0.4) is 0 Å². The van der Waals surface area contributed by atoms with E-state index in [-0.39, 0.29) is 0 Å². The van der Waals surface area contributed by atoms with Gasteiger partial charge in [-0.05, 0) is 47.4 Å². The van der Waals surface area contributed by atoms with Crippen LogP contribution in [0.15, 0.2) is 36.4 Å². The molecule has 0 amide bonds. The molecule has 0 aromatic heterocycles. The average molecular weight is 245 g/mol. The molecule has 0 unspecified atom stereocenters. The zero-order valence-electron chi connectivity index (χ0n) is 9.84. The van der Waals surface area contributed by atoms with E-state index in [4.69, 9.17) is 0 Å². The molecule has 3 rings (SSSR count). The average Bonchev–Trinajstić information content (AvgIpc) is 2.41. The summed E-state index contributed by atoms with van der Waals surface area (Å²) in [4.78, 5) is 0. The molecule has 0 fully saturated rings. The largest absolute Gasteiger partial charge is 0.312 e. The van der Waals surface area contributed by atoms with E-state index >= 15 is 0 Å². The third-order valence-corrected chi connectivity index (χ3v) is 3.37. The minimum absolute atomic E-state index is 0.743. The van der Waals surface area contributed by atoms with Gasteiger partial charge in [0.25, 0.3) is 0 Å². The number of benzene rings is 2. The summed E-state index contributed by atoms with van der Waals surface area (Å²) in [5.41, 5.74) is 4.23. The van der Waals surface area contributed by atoms with Gasteiger partial charge in [0.2, 0.25) is 0 Å². The normalized spacial score (nSPS) is 14.3. The summed E-state index contributed by atoms with van der Waals surface area (Å²) < 4.78 is 26.3. The van der Waals surface area contributed by atoms with E-state index < -0.39 is 11.6 Å². The van der Waals surface area contributed by atoms with E-state index in [0.29, 0.717) is 0 Å². The molecule has 3 heteroatoms. The number of halogens is 2. The Labute approximate surface area is 104 Å². The van der Waals surface area contributed by atoms with E-state index in [0.717, 1.165) is 30.6 Å². The first-order valence-corrected chi connectivity index (χ1v) is 6.02. The van der Waals surface area contributed by atoms with Crippen LogP contribution in [0.1, 0.15) is 11.1 Å². The van der Waals surface area contributed by atoms with Gasteiger partial charge in [-0.25, -0.2) is 8.78 Å². The van der Waals surface area contributed by atoms with Crippen molar-refractivity contribution in [2.45, 2.75) is 13.0 Å². The lowest BCUT2D eigenvalue weighted by Crippen LogP contribution is -2.24. The van der Waals surface area contributed by atoms with Crippen LogP contribution in [0.25, 0.3) is 11.1 Å². The molecule has 18 heavy (non-hydrogen) atoms. The van der Waals surface area contributed by atoms with E-state index in [9.17, 15) is 8.78 Å². The summed E-state index contributed by atoms with van der Waals surface area (Å²) in [7, 11) is 0. The van der Waals surface area contributed by atoms with Crippen LogP contribution >= 0.6 is 0 Å². The molecule has 0 spiro atoms. The highest BCUT2D eigenvalue weighted by Gasteiger charge is 2.14. The maximum absolute atomic E-state index is 13.3. The lowest BCUT2D eigenvalue weighted by Gasteiger charge is -2.20. The Bertz CT molecular complexity index is 593. The number of hydrogen-bond acceptors (Lipinski definition) is 1. The van der Waals surface area contributed by atoms with Crippen molar-refractivity contribution in [2.75, 3.05) is 6.54 Å². The molecule has 2 aromatic rings. The lowest BCUT2D eigenvalue weighted by molar-refractivity contribution is 0.509. The van der Waals surface area contributed by atoms with Gasteiger partial charge < -0.3 is 5.32 Å². The third-order valence-electron chi connectivity index (χ3n) is 3.37. The van der Waals surface area contributed by atoms with E-state index in [2.05, 4.69) is 11.4 Å². The van der Waals surface area contributed by atoms with Crippen molar-refractivity contribution in [3.63, 3.8) is 0 Å². The minimum atomic E-state index is -0.801. The Morgan fingerprint density at radius 3 is 2.72 bits per heavy atom. The Morgan fingerprint density at radius 2 is 1.89 bits per heavy atom. The molecule has 0 saturated carbocycles. The molecule has 1 N–H and O–H groups in total. The predicted octanol–water partition coefficient (Wildman–Crippen LogP) is 3.28. The summed E-state index contributed by atoms with van der Waals surface area (Å²) in [5.74, 6) is -1.59. The highest BCUT2D eigenvalue weighted by molar-refractivity contribution is 5.69. The van der Waals surface area contributed by atoms with Crippen LogP contribution in [-0.2, 0) is 13.0 Å². The first kappa shape index (κ1) is 11.4. The molecule has 0 bridgehead atoms. The Morgan fingerprint density at radius 1 is 1.00 bits per heavy atom. The van der Waals surface area contributed by atoms with Gasteiger partial charge in [0, 0.05) is 6.54 Å². The van der Waals surface area contributed by atoms with Gasteiger partial charge >= 0.3 is 0 Å². The van der Waals surface area contributed by atoms with Crippen molar-refractivity contribution in [1.29, 1.82) is 0 Å². The van der Waals surface area contributed by atoms with Crippen LogP contribution in [0.5, 0.6) is 0 Å². The topological polar surface area (TPSA) is 12.0 Å². The zero-order valence-corrected chi connectivity index (χ0v) is 9.84. The summed E-state index contributed by atoms with van der Waals surface area (Å²) in [6.07, 6.45) is 0.921. The minimum Gasteiger partial charge on any atom is -0.312 e. The Balaban J connectivity index is 2.13. The third kappa shape index (κ3) is 1.91. The zero-order chi connectivity index (χ0) is 12.5. The van der Waals surface area contributed by atoms with Gasteiger partial charge in [-0.3, -0.25) is 0 Å². The maximum Gasteiger partial charge on any atom is 0.159 e. The molecule has 2 aromatic carbocycles. The Kier molecular flexibility index (Phi) is 2.84. The second-order valence-corrected chi connectivity index (χ2v) is 4.50. The van der Waals surface area contributed by atoms with E-state index in [1.807, 2.05) is 12.1 Å². The van der Waals surface area contributed by atoms with Crippen molar-refractivity contribution in [1.82, 2.24) is 5.32 Å². The van der Waals surface area contributed by atoms with Gasteiger partial charge in [0.15, 0.2) is 11.6 Å².